The third-order valence-electron chi connectivity index (χ3n) is 2.90. The summed E-state index contributed by atoms with van der Waals surface area (Å²) in [5, 5.41) is 12.2. The summed E-state index contributed by atoms with van der Waals surface area (Å²) in [6.45, 7) is 8.60. The lowest BCUT2D eigenvalue weighted by atomic mass is 10.1. The molecule has 0 saturated carbocycles. The van der Waals surface area contributed by atoms with E-state index >= 15 is 0 Å². The lowest BCUT2D eigenvalue weighted by Gasteiger charge is -2.24. The third-order valence-corrected chi connectivity index (χ3v) is 2.90. The van der Waals surface area contributed by atoms with Gasteiger partial charge in [0.1, 0.15) is 0 Å². The van der Waals surface area contributed by atoms with E-state index in [4.69, 9.17) is 5.26 Å². The first-order valence-corrected chi connectivity index (χ1v) is 6.47. The van der Waals surface area contributed by atoms with Gasteiger partial charge >= 0.3 is 0 Å². The van der Waals surface area contributed by atoms with Crippen molar-refractivity contribution in [3.05, 3.63) is 29.8 Å². The molecule has 3 nitrogen and oxygen atoms in total. The summed E-state index contributed by atoms with van der Waals surface area (Å²) < 4.78 is 0. The average molecular weight is 245 g/mol. The Bertz CT molecular complexity index is 389. The van der Waals surface area contributed by atoms with Gasteiger partial charge in [-0.05, 0) is 36.7 Å². The Morgan fingerprint density at radius 2 is 1.83 bits per heavy atom. The molecule has 0 aliphatic heterocycles. The van der Waals surface area contributed by atoms with Crippen molar-refractivity contribution >= 4 is 5.69 Å². The molecule has 98 valence electrons. The number of rotatable bonds is 6. The summed E-state index contributed by atoms with van der Waals surface area (Å²) >= 11 is 0. The van der Waals surface area contributed by atoms with E-state index in [1.807, 2.05) is 24.3 Å². The second-order valence-corrected chi connectivity index (χ2v) is 5.21. The van der Waals surface area contributed by atoms with Gasteiger partial charge in [-0.15, -0.1) is 0 Å². The molecule has 1 N–H and O–H groups in total. The molecule has 1 rings (SSSR count). The van der Waals surface area contributed by atoms with E-state index in [0.717, 1.165) is 18.8 Å². The fourth-order valence-electron chi connectivity index (χ4n) is 1.86. The van der Waals surface area contributed by atoms with Gasteiger partial charge in [-0.1, -0.05) is 20.8 Å². The molecule has 0 fully saturated rings. The van der Waals surface area contributed by atoms with Gasteiger partial charge in [-0.25, -0.2) is 0 Å². The van der Waals surface area contributed by atoms with Crippen LogP contribution in [0.4, 0.5) is 5.69 Å². The first-order chi connectivity index (χ1) is 8.52. The van der Waals surface area contributed by atoms with Gasteiger partial charge in [0.2, 0.25) is 0 Å². The molecule has 3 heteroatoms. The van der Waals surface area contributed by atoms with Crippen molar-refractivity contribution in [3.63, 3.8) is 0 Å². The molecule has 0 saturated heterocycles. The number of hydrogen-bond acceptors (Lipinski definition) is 3. The second-order valence-electron chi connectivity index (χ2n) is 5.21. The molecule has 0 aromatic heterocycles. The largest absolute Gasteiger partial charge is 0.374 e. The molecule has 0 radical (unpaired) electrons. The highest BCUT2D eigenvalue weighted by molar-refractivity contribution is 5.49. The summed E-state index contributed by atoms with van der Waals surface area (Å²) in [6.07, 6.45) is 0. The van der Waals surface area contributed by atoms with Crippen LogP contribution in [0.25, 0.3) is 0 Å². The van der Waals surface area contributed by atoms with Gasteiger partial charge in [-0.3, -0.25) is 0 Å². The summed E-state index contributed by atoms with van der Waals surface area (Å²) in [7, 11) is 2.09. The summed E-state index contributed by atoms with van der Waals surface area (Å²) in [4.78, 5) is 2.23. The molecule has 0 spiro atoms. The minimum absolute atomic E-state index is 0.535. The lowest BCUT2D eigenvalue weighted by Crippen LogP contribution is -2.33. The molecule has 0 bridgehead atoms. The Kier molecular flexibility index (Phi) is 5.67. The second kappa shape index (κ2) is 7.03. The van der Waals surface area contributed by atoms with E-state index in [-0.39, 0.29) is 0 Å². The third kappa shape index (κ3) is 4.77. The summed E-state index contributed by atoms with van der Waals surface area (Å²) in [6, 6.07) is 10.4. The summed E-state index contributed by atoms with van der Waals surface area (Å²) in [5.74, 6) is 0.591. The van der Waals surface area contributed by atoms with Crippen LogP contribution in [0.1, 0.15) is 26.3 Å². The first-order valence-electron chi connectivity index (χ1n) is 6.47. The van der Waals surface area contributed by atoms with Crippen molar-refractivity contribution in [2.45, 2.75) is 26.8 Å². The highest BCUT2D eigenvalue weighted by Gasteiger charge is 2.07. The van der Waals surface area contributed by atoms with Crippen LogP contribution in [0.3, 0.4) is 0 Å². The molecule has 0 aliphatic rings. The van der Waals surface area contributed by atoms with Gasteiger partial charge in [0, 0.05) is 25.3 Å². The minimum atomic E-state index is 0.535. The van der Waals surface area contributed by atoms with E-state index in [9.17, 15) is 0 Å². The number of anilines is 1. The minimum Gasteiger partial charge on any atom is -0.374 e. The van der Waals surface area contributed by atoms with Crippen LogP contribution in [-0.2, 0) is 0 Å². The Hall–Kier alpha value is -1.53. The molecule has 1 unspecified atom stereocenters. The van der Waals surface area contributed by atoms with Crippen LogP contribution < -0.4 is 10.2 Å². The van der Waals surface area contributed by atoms with Crippen LogP contribution in [0.2, 0.25) is 0 Å². The molecule has 0 heterocycles. The first kappa shape index (κ1) is 14.5. The van der Waals surface area contributed by atoms with Crippen molar-refractivity contribution in [1.29, 1.82) is 5.26 Å². The van der Waals surface area contributed by atoms with Gasteiger partial charge in [-0.2, -0.15) is 5.26 Å². The molecule has 0 aliphatic carbocycles. The topological polar surface area (TPSA) is 39.1 Å². The Morgan fingerprint density at radius 3 is 2.33 bits per heavy atom. The van der Waals surface area contributed by atoms with E-state index in [0.29, 0.717) is 17.5 Å². The molecular weight excluding hydrogens is 222 g/mol. The molecule has 1 aromatic carbocycles. The van der Waals surface area contributed by atoms with E-state index in [2.05, 4.69) is 44.1 Å². The van der Waals surface area contributed by atoms with Crippen LogP contribution in [0.5, 0.6) is 0 Å². The molecule has 1 aromatic rings. The van der Waals surface area contributed by atoms with Gasteiger partial charge < -0.3 is 10.2 Å². The maximum Gasteiger partial charge on any atom is 0.0991 e. The maximum absolute atomic E-state index is 8.76. The smallest absolute Gasteiger partial charge is 0.0991 e. The molecule has 0 amide bonds. The standard InChI is InChI=1S/C15H23N3/c1-12(2)17-10-13(3)11-18(4)15-7-5-14(9-16)6-8-15/h5-8,12-13,17H,10-11H2,1-4H3. The van der Waals surface area contributed by atoms with Crippen molar-refractivity contribution in [2.75, 3.05) is 25.0 Å². The zero-order valence-corrected chi connectivity index (χ0v) is 11.8. The maximum atomic E-state index is 8.76. The van der Waals surface area contributed by atoms with Gasteiger partial charge in [0.05, 0.1) is 11.6 Å². The molecule has 18 heavy (non-hydrogen) atoms. The highest BCUT2D eigenvalue weighted by Crippen LogP contribution is 2.14. The Morgan fingerprint density at radius 1 is 1.22 bits per heavy atom. The number of nitrogens with zero attached hydrogens (tertiary/aromatic N) is 2. The van der Waals surface area contributed by atoms with Crippen molar-refractivity contribution < 1.29 is 0 Å². The lowest BCUT2D eigenvalue weighted by molar-refractivity contribution is 0.478. The van der Waals surface area contributed by atoms with Crippen molar-refractivity contribution in [1.82, 2.24) is 5.32 Å². The normalized spacial score (nSPS) is 12.2. The van der Waals surface area contributed by atoms with E-state index < -0.39 is 0 Å². The predicted octanol–water partition coefficient (Wildman–Crippen LogP) is 2.63. The van der Waals surface area contributed by atoms with Gasteiger partial charge in [0.15, 0.2) is 0 Å². The number of hydrogen-bond donors (Lipinski definition) is 1. The van der Waals surface area contributed by atoms with Crippen LogP contribution in [0, 0.1) is 17.2 Å². The fourth-order valence-corrected chi connectivity index (χ4v) is 1.86. The summed E-state index contributed by atoms with van der Waals surface area (Å²) in [5.41, 5.74) is 1.87. The SMILES string of the molecule is CC(CNC(C)C)CN(C)c1ccc(C#N)cc1. The van der Waals surface area contributed by atoms with Crippen LogP contribution in [-0.4, -0.2) is 26.2 Å². The average Bonchev–Trinajstić information content (AvgIpc) is 2.36. The van der Waals surface area contributed by atoms with E-state index in [1.165, 1.54) is 0 Å². The van der Waals surface area contributed by atoms with Crippen LogP contribution in [0.15, 0.2) is 24.3 Å². The zero-order chi connectivity index (χ0) is 13.5. The Labute approximate surface area is 110 Å². The zero-order valence-electron chi connectivity index (χ0n) is 11.8. The predicted molar refractivity (Wildman–Crippen MR) is 76.7 cm³/mol. The Balaban J connectivity index is 2.48. The van der Waals surface area contributed by atoms with E-state index in [1.54, 1.807) is 0 Å². The number of benzene rings is 1. The number of nitriles is 1. The highest BCUT2D eigenvalue weighted by atomic mass is 15.1. The quantitative estimate of drug-likeness (QED) is 0.837. The van der Waals surface area contributed by atoms with Gasteiger partial charge in [0.25, 0.3) is 0 Å². The monoisotopic (exact) mass is 245 g/mol. The van der Waals surface area contributed by atoms with Crippen LogP contribution >= 0.6 is 0 Å². The number of nitrogens with one attached hydrogen (secondary N) is 1. The fraction of sp³-hybridized carbons (Fsp3) is 0.533. The molecule has 1 atom stereocenters. The van der Waals surface area contributed by atoms with Crippen molar-refractivity contribution in [2.24, 2.45) is 5.92 Å². The van der Waals surface area contributed by atoms with Crippen molar-refractivity contribution in [3.8, 4) is 6.07 Å². The molecular formula is C15H23N3.